The van der Waals surface area contributed by atoms with Crippen molar-refractivity contribution in [3.8, 4) is 0 Å². The van der Waals surface area contributed by atoms with E-state index < -0.39 is 6.09 Å². The van der Waals surface area contributed by atoms with Crippen molar-refractivity contribution < 1.29 is 15.1 Å². The maximum Gasteiger partial charge on any atom is 0.407 e. The average molecular weight is 319 g/mol. The van der Waals surface area contributed by atoms with Crippen molar-refractivity contribution in [2.24, 2.45) is 5.41 Å². The van der Waals surface area contributed by atoms with Crippen LogP contribution in [0.3, 0.4) is 0 Å². The molecule has 0 spiro atoms. The van der Waals surface area contributed by atoms with Gasteiger partial charge in [-0.1, -0.05) is 26.8 Å². The second-order valence-electron chi connectivity index (χ2n) is 7.25. The number of hydrogen-bond acceptors (Lipinski definition) is 3. The Morgan fingerprint density at radius 3 is 2.57 bits per heavy atom. The van der Waals surface area contributed by atoms with E-state index in [4.69, 9.17) is 10.6 Å². The molecule has 0 radical (unpaired) electrons. The number of hydrogen-bond donors (Lipinski definition) is 4. The summed E-state index contributed by atoms with van der Waals surface area (Å²) in [6.07, 6.45) is -0.283. The largest absolute Gasteiger partial charge is 0.465 e. The predicted molar refractivity (Wildman–Crippen MR) is 88.4 cm³/mol. The molecule has 0 saturated carbocycles. The summed E-state index contributed by atoms with van der Waals surface area (Å²) in [5.41, 5.74) is 5.55. The van der Waals surface area contributed by atoms with Crippen molar-refractivity contribution in [3.05, 3.63) is 34.4 Å². The summed E-state index contributed by atoms with van der Waals surface area (Å²) in [5, 5.41) is 26.2. The minimum absolute atomic E-state index is 0.0445. The molecule has 23 heavy (non-hydrogen) atoms. The highest BCUT2D eigenvalue weighted by atomic mass is 16.5. The molecular formula is C17H25N3O3. The Hall–Kier alpha value is -2.08. The molecule has 1 aromatic carbocycles. The first-order valence-electron chi connectivity index (χ1n) is 7.75. The number of amides is 1. The van der Waals surface area contributed by atoms with E-state index in [1.54, 1.807) is 0 Å². The van der Waals surface area contributed by atoms with Gasteiger partial charge < -0.3 is 10.0 Å². The number of carbonyl (C=O) groups is 1. The van der Waals surface area contributed by atoms with Gasteiger partial charge in [0.2, 0.25) is 0 Å². The molecule has 1 amide bonds. The molecule has 1 heterocycles. The number of aryl methyl sites for hydroxylation is 1. The number of nitrogens with one attached hydrogen (secondary N) is 2. The zero-order chi connectivity index (χ0) is 17.4. The third kappa shape index (κ3) is 3.47. The molecule has 1 aliphatic rings. The number of rotatable bonds is 1. The highest BCUT2D eigenvalue weighted by Gasteiger charge is 2.34. The second-order valence-corrected chi connectivity index (χ2v) is 7.25. The van der Waals surface area contributed by atoms with Crippen LogP contribution < -0.4 is 5.48 Å². The molecule has 1 unspecified atom stereocenters. The quantitative estimate of drug-likeness (QED) is 0.363. The van der Waals surface area contributed by atoms with Crippen LogP contribution >= 0.6 is 0 Å². The summed E-state index contributed by atoms with van der Waals surface area (Å²) in [6, 6.07) is 3.94. The molecule has 0 fully saturated rings. The summed E-state index contributed by atoms with van der Waals surface area (Å²) in [4.78, 5) is 12.9. The molecule has 0 aliphatic carbocycles. The van der Waals surface area contributed by atoms with Crippen molar-refractivity contribution in [2.45, 2.75) is 40.0 Å². The first kappa shape index (κ1) is 17.3. The SMILES string of the molecule is Cc1cc2c(cc1C(=N)NO)CCN(C(=O)O)CC2C(C)(C)C. The van der Waals surface area contributed by atoms with Crippen LogP contribution in [0.4, 0.5) is 4.79 Å². The van der Waals surface area contributed by atoms with Crippen LogP contribution in [-0.4, -0.2) is 40.2 Å². The Balaban J connectivity index is 2.56. The molecule has 4 N–H and O–H groups in total. The normalized spacial score (nSPS) is 18.1. The van der Waals surface area contributed by atoms with Gasteiger partial charge in [0.1, 0.15) is 5.84 Å². The lowest BCUT2D eigenvalue weighted by Gasteiger charge is -2.34. The molecule has 6 nitrogen and oxygen atoms in total. The summed E-state index contributed by atoms with van der Waals surface area (Å²) < 4.78 is 0. The zero-order valence-electron chi connectivity index (χ0n) is 14.1. The van der Waals surface area contributed by atoms with E-state index in [0.717, 1.165) is 16.7 Å². The van der Waals surface area contributed by atoms with E-state index in [1.165, 1.54) is 4.90 Å². The van der Waals surface area contributed by atoms with Crippen molar-refractivity contribution in [1.82, 2.24) is 10.4 Å². The number of fused-ring (bicyclic) bond motifs is 1. The lowest BCUT2D eigenvalue weighted by molar-refractivity contribution is 0.135. The van der Waals surface area contributed by atoms with Gasteiger partial charge >= 0.3 is 6.09 Å². The van der Waals surface area contributed by atoms with Gasteiger partial charge in [-0.05, 0) is 41.5 Å². The molecule has 2 rings (SSSR count). The standard InChI is InChI=1S/C17H25N3O3/c1-10-7-13-11(8-12(10)15(18)19-23)5-6-20(16(21)22)9-14(13)17(2,3)4/h7-8,14,23H,5-6,9H2,1-4H3,(H2,18,19)(H,21,22). The van der Waals surface area contributed by atoms with Crippen molar-refractivity contribution >= 4 is 11.9 Å². The lowest BCUT2D eigenvalue weighted by atomic mass is 9.74. The fourth-order valence-corrected chi connectivity index (χ4v) is 3.23. The van der Waals surface area contributed by atoms with Gasteiger partial charge in [0, 0.05) is 24.6 Å². The number of nitrogens with zero attached hydrogens (tertiary/aromatic N) is 1. The van der Waals surface area contributed by atoms with E-state index in [1.807, 2.05) is 24.5 Å². The van der Waals surface area contributed by atoms with Gasteiger partial charge in [0.15, 0.2) is 0 Å². The third-order valence-electron chi connectivity index (χ3n) is 4.61. The summed E-state index contributed by atoms with van der Waals surface area (Å²) in [5.74, 6) is 0.0389. The fraction of sp³-hybridized carbons (Fsp3) is 0.529. The predicted octanol–water partition coefficient (Wildman–Crippen LogP) is 2.96. The number of benzene rings is 1. The van der Waals surface area contributed by atoms with E-state index in [2.05, 4.69) is 20.8 Å². The van der Waals surface area contributed by atoms with Gasteiger partial charge in [-0.3, -0.25) is 16.1 Å². The van der Waals surface area contributed by atoms with Gasteiger partial charge in [0.25, 0.3) is 0 Å². The molecule has 1 atom stereocenters. The minimum atomic E-state index is -0.895. The van der Waals surface area contributed by atoms with Gasteiger partial charge in [-0.2, -0.15) is 0 Å². The Morgan fingerprint density at radius 2 is 2.04 bits per heavy atom. The summed E-state index contributed by atoms with van der Waals surface area (Å²) >= 11 is 0. The van der Waals surface area contributed by atoms with Crippen molar-refractivity contribution in [3.63, 3.8) is 0 Å². The smallest absolute Gasteiger partial charge is 0.407 e. The first-order chi connectivity index (χ1) is 10.6. The van der Waals surface area contributed by atoms with Gasteiger partial charge in [-0.25, -0.2) is 4.79 Å². The topological polar surface area (TPSA) is 96.7 Å². The molecular weight excluding hydrogens is 294 g/mol. The Bertz CT molecular complexity index is 635. The minimum Gasteiger partial charge on any atom is -0.465 e. The lowest BCUT2D eigenvalue weighted by Crippen LogP contribution is -2.36. The Labute approximate surface area is 136 Å². The van der Waals surface area contributed by atoms with Gasteiger partial charge in [0.05, 0.1) is 0 Å². The van der Waals surface area contributed by atoms with Crippen molar-refractivity contribution in [1.29, 1.82) is 5.41 Å². The second kappa shape index (κ2) is 6.20. The highest BCUT2D eigenvalue weighted by Crippen LogP contribution is 2.40. The third-order valence-corrected chi connectivity index (χ3v) is 4.61. The van der Waals surface area contributed by atoms with Crippen LogP contribution in [0.15, 0.2) is 12.1 Å². The van der Waals surface area contributed by atoms with E-state index in [9.17, 15) is 9.90 Å². The number of hydroxylamine groups is 1. The van der Waals surface area contributed by atoms with E-state index in [-0.39, 0.29) is 17.2 Å². The first-order valence-corrected chi connectivity index (χ1v) is 7.75. The zero-order valence-corrected chi connectivity index (χ0v) is 14.1. The summed E-state index contributed by atoms with van der Waals surface area (Å²) in [6.45, 7) is 9.17. The maximum absolute atomic E-state index is 11.5. The average Bonchev–Trinajstić information content (AvgIpc) is 2.64. The molecule has 126 valence electrons. The van der Waals surface area contributed by atoms with Crippen LogP contribution in [0.2, 0.25) is 0 Å². The molecule has 0 bridgehead atoms. The van der Waals surface area contributed by atoms with Crippen LogP contribution in [0.25, 0.3) is 0 Å². The van der Waals surface area contributed by atoms with Crippen LogP contribution in [-0.2, 0) is 6.42 Å². The van der Waals surface area contributed by atoms with Crippen LogP contribution in [0.1, 0.15) is 48.9 Å². The van der Waals surface area contributed by atoms with Gasteiger partial charge in [-0.15, -0.1) is 0 Å². The fourth-order valence-electron chi connectivity index (χ4n) is 3.23. The highest BCUT2D eigenvalue weighted by molar-refractivity contribution is 5.97. The number of amidine groups is 1. The Kier molecular flexibility index (Phi) is 4.66. The van der Waals surface area contributed by atoms with E-state index >= 15 is 0 Å². The van der Waals surface area contributed by atoms with Crippen LogP contribution in [0, 0.1) is 17.7 Å². The summed E-state index contributed by atoms with van der Waals surface area (Å²) in [7, 11) is 0. The molecule has 1 aliphatic heterocycles. The van der Waals surface area contributed by atoms with Crippen LogP contribution in [0.5, 0.6) is 0 Å². The van der Waals surface area contributed by atoms with Crippen molar-refractivity contribution in [2.75, 3.05) is 13.1 Å². The maximum atomic E-state index is 11.5. The molecule has 0 saturated heterocycles. The number of carboxylic acid groups (broad SMARTS) is 1. The Morgan fingerprint density at radius 1 is 1.39 bits per heavy atom. The molecule has 1 aromatic rings. The molecule has 6 heteroatoms. The monoisotopic (exact) mass is 319 g/mol. The van der Waals surface area contributed by atoms with E-state index in [0.29, 0.717) is 25.1 Å². The molecule has 0 aromatic heterocycles.